The van der Waals surface area contributed by atoms with Crippen molar-refractivity contribution in [3.63, 3.8) is 0 Å². The Morgan fingerprint density at radius 3 is 2.69 bits per heavy atom. The van der Waals surface area contributed by atoms with Crippen LogP contribution in [-0.4, -0.2) is 64.5 Å². The molecule has 2 saturated heterocycles. The number of hydrogen-bond donors (Lipinski definition) is 1. The molecule has 0 bridgehead atoms. The molecule has 1 aromatic rings. The lowest BCUT2D eigenvalue weighted by atomic mass is 10.1. The smallest absolute Gasteiger partial charge is 0.265 e. The van der Waals surface area contributed by atoms with Crippen LogP contribution in [0.1, 0.15) is 11.3 Å². The van der Waals surface area contributed by atoms with Crippen LogP contribution in [0.2, 0.25) is 0 Å². The minimum absolute atomic E-state index is 0.0334. The zero-order valence-electron chi connectivity index (χ0n) is 14.8. The van der Waals surface area contributed by atoms with Crippen LogP contribution in [-0.2, 0) is 21.4 Å². The summed E-state index contributed by atoms with van der Waals surface area (Å²) in [6.45, 7) is 8.42. The van der Waals surface area contributed by atoms with Crippen LogP contribution in [0.4, 0.5) is 5.82 Å². The molecule has 0 unspecified atom stereocenters. The van der Waals surface area contributed by atoms with Crippen molar-refractivity contribution in [2.24, 2.45) is 7.05 Å². The Kier molecular flexibility index (Phi) is 5.19. The molecule has 0 radical (unpaired) electrons. The van der Waals surface area contributed by atoms with Crippen molar-refractivity contribution < 1.29 is 14.3 Å². The number of ether oxygens (including phenoxy) is 1. The van der Waals surface area contributed by atoms with Gasteiger partial charge in [0.15, 0.2) is 5.11 Å². The van der Waals surface area contributed by atoms with Crippen molar-refractivity contribution >= 4 is 41.0 Å². The minimum atomic E-state index is -0.503. The lowest BCUT2D eigenvalue weighted by Crippen LogP contribution is -2.53. The summed E-state index contributed by atoms with van der Waals surface area (Å²) in [6.07, 6.45) is 3.16. The Balaban J connectivity index is 2.03. The molecule has 9 heteroatoms. The summed E-state index contributed by atoms with van der Waals surface area (Å²) in [7, 11) is 1.85. The summed E-state index contributed by atoms with van der Waals surface area (Å²) in [5.41, 5.74) is 1.52. The van der Waals surface area contributed by atoms with Crippen LogP contribution < -0.4 is 10.2 Å². The molecule has 0 aliphatic carbocycles. The number of amides is 2. The van der Waals surface area contributed by atoms with E-state index >= 15 is 0 Å². The van der Waals surface area contributed by atoms with E-state index in [1.807, 2.05) is 14.0 Å². The number of aryl methyl sites for hydroxylation is 2. The Morgan fingerprint density at radius 1 is 1.35 bits per heavy atom. The average Bonchev–Trinajstić information content (AvgIpc) is 2.89. The number of nitrogens with zero attached hydrogens (tertiary/aromatic N) is 4. The molecule has 138 valence electrons. The van der Waals surface area contributed by atoms with Gasteiger partial charge in [-0.3, -0.25) is 24.5 Å². The van der Waals surface area contributed by atoms with Gasteiger partial charge in [-0.2, -0.15) is 5.10 Å². The zero-order valence-corrected chi connectivity index (χ0v) is 15.6. The molecule has 26 heavy (non-hydrogen) atoms. The van der Waals surface area contributed by atoms with E-state index in [9.17, 15) is 9.59 Å². The molecule has 0 spiro atoms. The second-order valence-corrected chi connectivity index (χ2v) is 6.45. The van der Waals surface area contributed by atoms with Gasteiger partial charge in [-0.15, -0.1) is 6.58 Å². The maximum Gasteiger partial charge on any atom is 0.265 e. The molecule has 2 amide bonds. The van der Waals surface area contributed by atoms with Gasteiger partial charge in [0.1, 0.15) is 11.4 Å². The number of carbonyl (C=O) groups excluding carboxylic acids is 2. The first-order chi connectivity index (χ1) is 12.4. The van der Waals surface area contributed by atoms with E-state index in [1.54, 1.807) is 16.8 Å². The van der Waals surface area contributed by atoms with Crippen molar-refractivity contribution in [3.8, 4) is 0 Å². The molecule has 3 rings (SSSR count). The molecular formula is C17H21N5O3S. The summed E-state index contributed by atoms with van der Waals surface area (Å²) in [4.78, 5) is 28.6. The lowest BCUT2D eigenvalue weighted by Gasteiger charge is -2.30. The number of thiocarbonyl (C=S) groups is 1. The van der Waals surface area contributed by atoms with Crippen LogP contribution in [0.3, 0.4) is 0 Å². The van der Waals surface area contributed by atoms with Crippen molar-refractivity contribution in [2.45, 2.75) is 6.92 Å². The third-order valence-electron chi connectivity index (χ3n) is 4.33. The van der Waals surface area contributed by atoms with Crippen LogP contribution in [0.25, 0.3) is 6.08 Å². The minimum Gasteiger partial charge on any atom is -0.378 e. The molecule has 1 N–H and O–H groups in total. The topological polar surface area (TPSA) is 79.7 Å². The van der Waals surface area contributed by atoms with E-state index in [2.05, 4.69) is 21.9 Å². The first-order valence-electron chi connectivity index (χ1n) is 8.30. The Morgan fingerprint density at radius 2 is 2.04 bits per heavy atom. The summed E-state index contributed by atoms with van der Waals surface area (Å²) in [6, 6.07) is 0. The molecule has 3 heterocycles. The molecule has 0 saturated carbocycles. The highest BCUT2D eigenvalue weighted by atomic mass is 32.1. The summed E-state index contributed by atoms with van der Waals surface area (Å²) >= 11 is 5.08. The highest BCUT2D eigenvalue weighted by molar-refractivity contribution is 7.80. The van der Waals surface area contributed by atoms with E-state index in [0.717, 1.165) is 30.2 Å². The maximum absolute atomic E-state index is 12.7. The Hall–Kier alpha value is -2.52. The fourth-order valence-corrected chi connectivity index (χ4v) is 3.36. The maximum atomic E-state index is 12.7. The second-order valence-electron chi connectivity index (χ2n) is 6.07. The van der Waals surface area contributed by atoms with Crippen LogP contribution in [0, 0.1) is 6.92 Å². The van der Waals surface area contributed by atoms with Crippen molar-refractivity contribution in [2.75, 3.05) is 37.7 Å². The normalized spacial score (nSPS) is 19.9. The zero-order chi connectivity index (χ0) is 18.8. The van der Waals surface area contributed by atoms with E-state index < -0.39 is 11.8 Å². The third-order valence-corrected chi connectivity index (χ3v) is 4.66. The summed E-state index contributed by atoms with van der Waals surface area (Å²) < 4.78 is 7.18. The van der Waals surface area contributed by atoms with Gasteiger partial charge in [0, 0.05) is 32.2 Å². The third kappa shape index (κ3) is 3.27. The molecule has 0 aromatic carbocycles. The number of carbonyl (C=O) groups is 2. The number of aromatic nitrogens is 2. The van der Waals surface area contributed by atoms with Gasteiger partial charge in [0.05, 0.1) is 18.9 Å². The fourth-order valence-electron chi connectivity index (χ4n) is 3.11. The number of rotatable bonds is 4. The molecular weight excluding hydrogens is 354 g/mol. The van der Waals surface area contributed by atoms with Crippen molar-refractivity contribution in [3.05, 3.63) is 29.5 Å². The molecule has 2 aliphatic rings. The SMILES string of the molecule is C=CCN1C(=O)/C(=C\c2c(C)nn(C)c2N2CCOCC2)C(=O)NC1=S. The average molecular weight is 375 g/mol. The van der Waals surface area contributed by atoms with Gasteiger partial charge in [-0.05, 0) is 25.2 Å². The highest BCUT2D eigenvalue weighted by Crippen LogP contribution is 2.27. The summed E-state index contributed by atoms with van der Waals surface area (Å²) in [5.74, 6) is -0.0753. The molecule has 2 aliphatic heterocycles. The number of hydrogen-bond acceptors (Lipinski definition) is 6. The number of nitrogens with one attached hydrogen (secondary N) is 1. The van der Waals surface area contributed by atoms with E-state index in [1.165, 1.54) is 4.90 Å². The van der Waals surface area contributed by atoms with Gasteiger partial charge in [0.25, 0.3) is 11.8 Å². The van der Waals surface area contributed by atoms with Gasteiger partial charge in [-0.1, -0.05) is 6.08 Å². The molecule has 2 fully saturated rings. The molecule has 8 nitrogen and oxygen atoms in total. The van der Waals surface area contributed by atoms with Crippen LogP contribution in [0.5, 0.6) is 0 Å². The predicted molar refractivity (Wildman–Crippen MR) is 102 cm³/mol. The second kappa shape index (κ2) is 7.38. The fraction of sp³-hybridized carbons (Fsp3) is 0.412. The first-order valence-corrected chi connectivity index (χ1v) is 8.71. The van der Waals surface area contributed by atoms with Gasteiger partial charge < -0.3 is 9.64 Å². The monoisotopic (exact) mass is 375 g/mol. The highest BCUT2D eigenvalue weighted by Gasteiger charge is 2.33. The van der Waals surface area contributed by atoms with Crippen molar-refractivity contribution in [1.29, 1.82) is 0 Å². The van der Waals surface area contributed by atoms with E-state index in [0.29, 0.717) is 13.2 Å². The standard InChI is InChI=1S/C17H21N5O3S/c1-4-5-22-16(24)13(14(23)18-17(22)26)10-12-11(2)19-20(3)15(12)21-6-8-25-9-7-21/h4,10H,1,5-9H2,2-3H3,(H,18,23,26)/b13-10-. The number of anilines is 1. The van der Waals surface area contributed by atoms with E-state index in [4.69, 9.17) is 17.0 Å². The van der Waals surface area contributed by atoms with Gasteiger partial charge in [0.2, 0.25) is 0 Å². The quantitative estimate of drug-likeness (QED) is 0.355. The van der Waals surface area contributed by atoms with Gasteiger partial charge in [-0.25, -0.2) is 0 Å². The molecule has 1 aromatic heterocycles. The van der Waals surface area contributed by atoms with Crippen LogP contribution >= 0.6 is 12.2 Å². The Labute approximate surface area is 157 Å². The Bertz CT molecular complexity index is 808. The molecule has 0 atom stereocenters. The largest absolute Gasteiger partial charge is 0.378 e. The number of morpholine rings is 1. The lowest BCUT2D eigenvalue weighted by molar-refractivity contribution is -0.128. The predicted octanol–water partition coefficient (Wildman–Crippen LogP) is 0.378. The van der Waals surface area contributed by atoms with E-state index in [-0.39, 0.29) is 17.2 Å². The summed E-state index contributed by atoms with van der Waals surface area (Å²) in [5, 5.41) is 7.12. The van der Waals surface area contributed by atoms with Crippen molar-refractivity contribution in [1.82, 2.24) is 20.0 Å². The van der Waals surface area contributed by atoms with Gasteiger partial charge >= 0.3 is 0 Å². The van der Waals surface area contributed by atoms with Crippen LogP contribution in [0.15, 0.2) is 18.2 Å². The first kappa shape index (κ1) is 18.3.